The first-order chi connectivity index (χ1) is 11.9. The standard InChI is InChI=1S/C19H27ClN2O4/c1-6-12(2)22(11-17(24)25)18(26)14-9-13(7-8-15(14)20)21-16(23)10-19(3,4)5/h7-9,12H,6,10-11H2,1-5H3,(H,21,23)(H,24,25). The van der Waals surface area contributed by atoms with Crippen LogP contribution in [-0.2, 0) is 9.59 Å². The van der Waals surface area contributed by atoms with Crippen molar-refractivity contribution in [2.24, 2.45) is 5.41 Å². The number of rotatable bonds is 7. The predicted octanol–water partition coefficient (Wildman–Crippen LogP) is 4.04. The van der Waals surface area contributed by atoms with E-state index in [-0.39, 0.29) is 28.0 Å². The van der Waals surface area contributed by atoms with Gasteiger partial charge >= 0.3 is 5.97 Å². The number of hydrogen-bond donors (Lipinski definition) is 2. The number of benzene rings is 1. The van der Waals surface area contributed by atoms with Crippen molar-refractivity contribution in [1.82, 2.24) is 4.90 Å². The minimum Gasteiger partial charge on any atom is -0.480 e. The first-order valence-corrected chi connectivity index (χ1v) is 8.94. The second-order valence-corrected chi connectivity index (χ2v) is 7.97. The lowest BCUT2D eigenvalue weighted by Crippen LogP contribution is -2.42. The molecule has 1 rings (SSSR count). The molecule has 144 valence electrons. The summed E-state index contributed by atoms with van der Waals surface area (Å²) in [5.41, 5.74) is 0.456. The van der Waals surface area contributed by atoms with E-state index in [1.54, 1.807) is 13.0 Å². The second kappa shape index (κ2) is 9.03. The first-order valence-electron chi connectivity index (χ1n) is 8.56. The highest BCUT2D eigenvalue weighted by Gasteiger charge is 2.25. The van der Waals surface area contributed by atoms with E-state index in [9.17, 15) is 14.4 Å². The van der Waals surface area contributed by atoms with E-state index in [1.165, 1.54) is 17.0 Å². The van der Waals surface area contributed by atoms with Crippen molar-refractivity contribution in [3.8, 4) is 0 Å². The molecule has 0 spiro atoms. The smallest absolute Gasteiger partial charge is 0.323 e. The Morgan fingerprint density at radius 2 is 1.88 bits per heavy atom. The molecule has 0 fully saturated rings. The van der Waals surface area contributed by atoms with Crippen molar-refractivity contribution < 1.29 is 19.5 Å². The highest BCUT2D eigenvalue weighted by Crippen LogP contribution is 2.25. The number of anilines is 1. The Morgan fingerprint density at radius 1 is 1.27 bits per heavy atom. The molecule has 0 saturated carbocycles. The summed E-state index contributed by atoms with van der Waals surface area (Å²) in [6.07, 6.45) is 0.940. The van der Waals surface area contributed by atoms with Crippen LogP contribution in [-0.4, -0.2) is 40.4 Å². The number of aliphatic carboxylic acids is 1. The summed E-state index contributed by atoms with van der Waals surface area (Å²) in [6, 6.07) is 4.37. The van der Waals surface area contributed by atoms with Gasteiger partial charge in [-0.1, -0.05) is 39.3 Å². The van der Waals surface area contributed by atoms with Crippen LogP contribution in [0.4, 0.5) is 5.69 Å². The molecule has 0 aromatic heterocycles. The minimum atomic E-state index is -1.09. The number of amides is 2. The number of carboxylic acids is 1. The Bertz CT molecular complexity index is 683. The van der Waals surface area contributed by atoms with Crippen LogP contribution in [0.1, 0.15) is 57.8 Å². The number of carbonyl (C=O) groups is 3. The van der Waals surface area contributed by atoms with E-state index in [0.29, 0.717) is 18.5 Å². The molecule has 1 atom stereocenters. The van der Waals surface area contributed by atoms with E-state index in [2.05, 4.69) is 5.32 Å². The van der Waals surface area contributed by atoms with Crippen LogP contribution >= 0.6 is 11.6 Å². The van der Waals surface area contributed by atoms with E-state index < -0.39 is 18.4 Å². The van der Waals surface area contributed by atoms with Crippen LogP contribution < -0.4 is 5.32 Å². The molecular formula is C19H27ClN2O4. The lowest BCUT2D eigenvalue weighted by atomic mass is 9.92. The second-order valence-electron chi connectivity index (χ2n) is 7.56. The number of carboxylic acid groups (broad SMARTS) is 1. The van der Waals surface area contributed by atoms with Gasteiger partial charge in [-0.2, -0.15) is 0 Å². The summed E-state index contributed by atoms with van der Waals surface area (Å²) in [5, 5.41) is 12.1. The average molecular weight is 383 g/mol. The largest absolute Gasteiger partial charge is 0.480 e. The molecule has 0 aliphatic heterocycles. The maximum Gasteiger partial charge on any atom is 0.323 e. The molecular weight excluding hydrogens is 356 g/mol. The van der Waals surface area contributed by atoms with E-state index in [4.69, 9.17) is 16.7 Å². The van der Waals surface area contributed by atoms with Crippen molar-refractivity contribution in [1.29, 1.82) is 0 Å². The summed E-state index contributed by atoms with van der Waals surface area (Å²) < 4.78 is 0. The number of halogens is 1. The SMILES string of the molecule is CCC(C)N(CC(=O)O)C(=O)c1cc(NC(=O)CC(C)(C)C)ccc1Cl. The van der Waals surface area contributed by atoms with Gasteiger partial charge in [-0.25, -0.2) is 0 Å². The van der Waals surface area contributed by atoms with Crippen LogP contribution in [0, 0.1) is 5.41 Å². The number of nitrogens with zero attached hydrogens (tertiary/aromatic N) is 1. The molecule has 2 amide bonds. The first kappa shape index (κ1) is 22.0. The topological polar surface area (TPSA) is 86.7 Å². The lowest BCUT2D eigenvalue weighted by molar-refractivity contribution is -0.138. The average Bonchev–Trinajstić information content (AvgIpc) is 2.51. The van der Waals surface area contributed by atoms with Gasteiger partial charge in [0.2, 0.25) is 5.91 Å². The highest BCUT2D eigenvalue weighted by molar-refractivity contribution is 6.34. The Morgan fingerprint density at radius 3 is 2.38 bits per heavy atom. The summed E-state index contributed by atoms with van der Waals surface area (Å²) in [6.45, 7) is 9.12. The molecule has 0 aliphatic rings. The van der Waals surface area contributed by atoms with Crippen molar-refractivity contribution in [2.45, 2.75) is 53.5 Å². The van der Waals surface area contributed by atoms with Crippen molar-refractivity contribution in [3.63, 3.8) is 0 Å². The van der Waals surface area contributed by atoms with E-state index in [1.807, 2.05) is 27.7 Å². The zero-order valence-electron chi connectivity index (χ0n) is 15.9. The third-order valence-corrected chi connectivity index (χ3v) is 4.19. The van der Waals surface area contributed by atoms with Crippen molar-refractivity contribution in [3.05, 3.63) is 28.8 Å². The molecule has 1 aromatic carbocycles. The monoisotopic (exact) mass is 382 g/mol. The van der Waals surface area contributed by atoms with Gasteiger partial charge in [0.05, 0.1) is 10.6 Å². The Kier molecular flexibility index (Phi) is 7.63. The van der Waals surface area contributed by atoms with Crippen LogP contribution in [0.3, 0.4) is 0 Å². The number of nitrogens with one attached hydrogen (secondary N) is 1. The van der Waals surface area contributed by atoms with Gasteiger partial charge in [0, 0.05) is 18.2 Å². The van der Waals surface area contributed by atoms with Crippen LogP contribution in [0.2, 0.25) is 5.02 Å². The van der Waals surface area contributed by atoms with Crippen molar-refractivity contribution in [2.75, 3.05) is 11.9 Å². The number of carbonyl (C=O) groups excluding carboxylic acids is 2. The summed E-state index contributed by atoms with van der Waals surface area (Å²) in [5.74, 6) is -1.73. The Balaban J connectivity index is 3.09. The molecule has 0 saturated heterocycles. The molecule has 26 heavy (non-hydrogen) atoms. The highest BCUT2D eigenvalue weighted by atomic mass is 35.5. The molecule has 7 heteroatoms. The van der Waals surface area contributed by atoms with Gasteiger partial charge in [0.15, 0.2) is 0 Å². The maximum atomic E-state index is 12.8. The molecule has 1 aromatic rings. The molecule has 0 aliphatic carbocycles. The van der Waals surface area contributed by atoms with Gasteiger partial charge in [-0.05, 0) is 37.0 Å². The van der Waals surface area contributed by atoms with Gasteiger partial charge in [0.1, 0.15) is 6.54 Å². The molecule has 2 N–H and O–H groups in total. The Hall–Kier alpha value is -2.08. The summed E-state index contributed by atoms with van der Waals surface area (Å²) in [4.78, 5) is 37.3. The zero-order valence-corrected chi connectivity index (χ0v) is 16.7. The quantitative estimate of drug-likeness (QED) is 0.745. The fraction of sp³-hybridized carbons (Fsp3) is 0.526. The third-order valence-electron chi connectivity index (χ3n) is 3.86. The number of hydrogen-bond acceptors (Lipinski definition) is 3. The van der Waals surface area contributed by atoms with Gasteiger partial charge in [-0.15, -0.1) is 0 Å². The predicted molar refractivity (Wildman–Crippen MR) is 103 cm³/mol. The van der Waals surface area contributed by atoms with Gasteiger partial charge < -0.3 is 15.3 Å². The van der Waals surface area contributed by atoms with Crippen LogP contribution in [0.25, 0.3) is 0 Å². The van der Waals surface area contributed by atoms with Crippen LogP contribution in [0.15, 0.2) is 18.2 Å². The van der Waals surface area contributed by atoms with Gasteiger partial charge in [0.25, 0.3) is 5.91 Å². The fourth-order valence-electron chi connectivity index (χ4n) is 2.40. The summed E-state index contributed by atoms with van der Waals surface area (Å²) in [7, 11) is 0. The third kappa shape index (κ3) is 6.67. The van der Waals surface area contributed by atoms with Crippen molar-refractivity contribution >= 4 is 35.1 Å². The molecule has 0 radical (unpaired) electrons. The molecule has 1 unspecified atom stereocenters. The maximum absolute atomic E-state index is 12.8. The van der Waals surface area contributed by atoms with E-state index in [0.717, 1.165) is 0 Å². The Labute approximate surface area is 159 Å². The zero-order chi connectivity index (χ0) is 20.1. The molecule has 0 bridgehead atoms. The minimum absolute atomic E-state index is 0.163. The fourth-order valence-corrected chi connectivity index (χ4v) is 2.60. The summed E-state index contributed by atoms with van der Waals surface area (Å²) >= 11 is 6.15. The molecule has 0 heterocycles. The molecule has 6 nitrogen and oxygen atoms in total. The lowest BCUT2D eigenvalue weighted by Gasteiger charge is -2.27. The normalized spacial score (nSPS) is 12.4. The van der Waals surface area contributed by atoms with Crippen LogP contribution in [0.5, 0.6) is 0 Å². The van der Waals surface area contributed by atoms with E-state index >= 15 is 0 Å². The van der Waals surface area contributed by atoms with Gasteiger partial charge in [-0.3, -0.25) is 14.4 Å².